The molecule has 146 valence electrons. The molecule has 0 aliphatic carbocycles. The van der Waals surface area contributed by atoms with Crippen LogP contribution in [0.3, 0.4) is 0 Å². The summed E-state index contributed by atoms with van der Waals surface area (Å²) in [6.45, 7) is 3.71. The molecule has 9 nitrogen and oxygen atoms in total. The molecule has 2 aromatic heterocycles. The van der Waals surface area contributed by atoms with E-state index >= 15 is 0 Å². The van der Waals surface area contributed by atoms with Gasteiger partial charge in [-0.1, -0.05) is 0 Å². The molecular weight excluding hydrogens is 382 g/mol. The van der Waals surface area contributed by atoms with Crippen molar-refractivity contribution >= 4 is 15.9 Å². The Morgan fingerprint density at radius 1 is 1.18 bits per heavy atom. The van der Waals surface area contributed by atoms with Crippen LogP contribution in [-0.4, -0.2) is 40.6 Å². The summed E-state index contributed by atoms with van der Waals surface area (Å²) in [5.74, 6) is 0.0703. The highest BCUT2D eigenvalue weighted by Gasteiger charge is 2.21. The van der Waals surface area contributed by atoms with E-state index in [9.17, 15) is 13.2 Å². The molecule has 0 aliphatic heterocycles. The van der Waals surface area contributed by atoms with Gasteiger partial charge in [-0.2, -0.15) is 17.6 Å². The average Bonchev–Trinajstić information content (AvgIpc) is 3.18. The number of carbonyl (C=O) groups is 1. The van der Waals surface area contributed by atoms with Gasteiger partial charge in [0, 0.05) is 12.4 Å². The van der Waals surface area contributed by atoms with Crippen molar-refractivity contribution in [2.45, 2.75) is 25.3 Å². The zero-order chi connectivity index (χ0) is 20.3. The maximum absolute atomic E-state index is 12.7. The molecule has 0 saturated carbocycles. The fourth-order valence-electron chi connectivity index (χ4n) is 2.45. The Kier molecular flexibility index (Phi) is 5.41. The van der Waals surface area contributed by atoms with E-state index in [0.29, 0.717) is 17.0 Å². The normalized spacial score (nSPS) is 11.2. The van der Waals surface area contributed by atoms with E-state index < -0.39 is 15.9 Å². The third kappa shape index (κ3) is 4.01. The number of nitrogens with one attached hydrogen (secondary N) is 1. The maximum atomic E-state index is 12.7. The Morgan fingerprint density at radius 3 is 2.61 bits per heavy atom. The summed E-state index contributed by atoms with van der Waals surface area (Å²) in [6, 6.07) is 5.83. The smallest absolute Gasteiger partial charge is 0.282 e. The van der Waals surface area contributed by atoms with Gasteiger partial charge in [-0.25, -0.2) is 0 Å². The van der Waals surface area contributed by atoms with Crippen LogP contribution in [-0.2, 0) is 16.6 Å². The Bertz CT molecular complexity index is 1110. The van der Waals surface area contributed by atoms with Gasteiger partial charge in [-0.05, 0) is 43.7 Å². The van der Waals surface area contributed by atoms with E-state index in [1.807, 2.05) is 6.92 Å². The molecule has 0 spiro atoms. The molecule has 0 bridgehead atoms. The Balaban J connectivity index is 1.75. The fourth-order valence-corrected chi connectivity index (χ4v) is 3.65. The fraction of sp³-hybridized carbons (Fsp3) is 0.222. The second kappa shape index (κ2) is 7.77. The first-order valence-electron chi connectivity index (χ1n) is 8.33. The van der Waals surface area contributed by atoms with Crippen molar-refractivity contribution in [2.24, 2.45) is 0 Å². The van der Waals surface area contributed by atoms with Crippen molar-refractivity contribution in [2.75, 3.05) is 7.11 Å². The van der Waals surface area contributed by atoms with Crippen LogP contribution in [0.25, 0.3) is 0 Å². The van der Waals surface area contributed by atoms with Crippen LogP contribution in [0.5, 0.6) is 5.75 Å². The standard InChI is InChI=1S/C18H19N5O4S/c1-12-8-15(4-5-17(12)27-3)28(25,26)23-7-6-16(22-23)18(24)21-11-14-10-19-13(2)9-20-14/h4-10H,11H2,1-3H3,(H,21,24). The van der Waals surface area contributed by atoms with Gasteiger partial charge in [0.05, 0.1) is 36.1 Å². The van der Waals surface area contributed by atoms with Crippen LogP contribution in [0.15, 0.2) is 47.8 Å². The predicted octanol–water partition coefficient (Wildman–Crippen LogP) is 1.47. The van der Waals surface area contributed by atoms with E-state index in [2.05, 4.69) is 20.4 Å². The molecule has 0 atom stereocenters. The van der Waals surface area contributed by atoms with Gasteiger partial charge in [0.2, 0.25) is 0 Å². The number of ether oxygens (including phenoxy) is 1. The van der Waals surface area contributed by atoms with E-state index in [0.717, 1.165) is 9.78 Å². The van der Waals surface area contributed by atoms with Crippen LogP contribution >= 0.6 is 0 Å². The van der Waals surface area contributed by atoms with E-state index in [-0.39, 0.29) is 17.1 Å². The molecule has 2 heterocycles. The van der Waals surface area contributed by atoms with Crippen LogP contribution in [0.1, 0.15) is 27.4 Å². The molecule has 0 radical (unpaired) electrons. The highest BCUT2D eigenvalue weighted by atomic mass is 32.2. The van der Waals surface area contributed by atoms with Crippen molar-refractivity contribution in [3.63, 3.8) is 0 Å². The molecule has 1 N–H and O–H groups in total. The molecule has 1 aromatic carbocycles. The second-order valence-corrected chi connectivity index (χ2v) is 7.84. The summed E-state index contributed by atoms with van der Waals surface area (Å²) in [7, 11) is -2.41. The monoisotopic (exact) mass is 401 g/mol. The van der Waals surface area contributed by atoms with Crippen molar-refractivity contribution in [1.29, 1.82) is 0 Å². The number of hydrogen-bond donors (Lipinski definition) is 1. The zero-order valence-electron chi connectivity index (χ0n) is 15.6. The number of benzene rings is 1. The summed E-state index contributed by atoms with van der Waals surface area (Å²) in [5, 5.41) is 6.54. The van der Waals surface area contributed by atoms with Crippen LogP contribution < -0.4 is 10.1 Å². The number of methoxy groups -OCH3 is 1. The second-order valence-electron chi connectivity index (χ2n) is 6.04. The number of nitrogens with zero attached hydrogens (tertiary/aromatic N) is 4. The Labute approximate surface area is 162 Å². The lowest BCUT2D eigenvalue weighted by Gasteiger charge is -2.08. The number of rotatable bonds is 6. The summed E-state index contributed by atoms with van der Waals surface area (Å²) in [4.78, 5) is 20.5. The number of amides is 1. The zero-order valence-corrected chi connectivity index (χ0v) is 16.4. The third-order valence-electron chi connectivity index (χ3n) is 3.97. The lowest BCUT2D eigenvalue weighted by Crippen LogP contribution is -2.24. The lowest BCUT2D eigenvalue weighted by atomic mass is 10.2. The lowest BCUT2D eigenvalue weighted by molar-refractivity contribution is 0.0945. The van der Waals surface area contributed by atoms with Gasteiger partial charge >= 0.3 is 0 Å². The predicted molar refractivity (Wildman–Crippen MR) is 100 cm³/mol. The summed E-state index contributed by atoms with van der Waals surface area (Å²) in [5.41, 5.74) is 2.01. The molecule has 0 aliphatic rings. The minimum atomic E-state index is -3.92. The van der Waals surface area contributed by atoms with Gasteiger partial charge in [0.15, 0.2) is 5.69 Å². The first kappa shape index (κ1) is 19.5. The topological polar surface area (TPSA) is 116 Å². The molecule has 10 heteroatoms. The molecule has 0 saturated heterocycles. The van der Waals surface area contributed by atoms with Crippen molar-refractivity contribution in [3.8, 4) is 5.75 Å². The quantitative estimate of drug-likeness (QED) is 0.665. The molecule has 1 amide bonds. The van der Waals surface area contributed by atoms with Crippen molar-refractivity contribution in [1.82, 2.24) is 24.5 Å². The first-order valence-corrected chi connectivity index (χ1v) is 9.77. The number of aryl methyl sites for hydroxylation is 2. The molecule has 3 aromatic rings. The molecular formula is C18H19N5O4S. The summed E-state index contributed by atoms with van der Waals surface area (Å²) in [6.07, 6.45) is 4.39. The van der Waals surface area contributed by atoms with Crippen molar-refractivity contribution < 1.29 is 17.9 Å². The summed E-state index contributed by atoms with van der Waals surface area (Å²) >= 11 is 0. The van der Waals surface area contributed by atoms with Crippen LogP contribution in [0, 0.1) is 13.8 Å². The van der Waals surface area contributed by atoms with E-state index in [1.165, 1.54) is 31.5 Å². The van der Waals surface area contributed by atoms with E-state index in [1.54, 1.807) is 25.4 Å². The maximum Gasteiger partial charge on any atom is 0.282 e. The van der Waals surface area contributed by atoms with Gasteiger partial charge in [0.1, 0.15) is 5.75 Å². The van der Waals surface area contributed by atoms with Gasteiger partial charge in [-0.3, -0.25) is 14.8 Å². The molecule has 28 heavy (non-hydrogen) atoms. The minimum Gasteiger partial charge on any atom is -0.496 e. The highest BCUT2D eigenvalue weighted by Crippen LogP contribution is 2.22. The summed E-state index contributed by atoms with van der Waals surface area (Å²) < 4.78 is 31.4. The van der Waals surface area contributed by atoms with Crippen molar-refractivity contribution in [3.05, 3.63) is 65.5 Å². The first-order chi connectivity index (χ1) is 13.3. The molecule has 0 unspecified atom stereocenters. The van der Waals surface area contributed by atoms with Gasteiger partial charge in [-0.15, -0.1) is 0 Å². The third-order valence-corrected chi connectivity index (χ3v) is 5.52. The highest BCUT2D eigenvalue weighted by molar-refractivity contribution is 7.89. The van der Waals surface area contributed by atoms with E-state index in [4.69, 9.17) is 4.74 Å². The SMILES string of the molecule is COc1ccc(S(=O)(=O)n2ccc(C(=O)NCc3cnc(C)cn3)n2)cc1C. The van der Waals surface area contributed by atoms with Gasteiger partial charge < -0.3 is 10.1 Å². The van der Waals surface area contributed by atoms with Gasteiger partial charge in [0.25, 0.3) is 15.9 Å². The van der Waals surface area contributed by atoms with Crippen LogP contribution in [0.2, 0.25) is 0 Å². The number of hydrogen-bond acceptors (Lipinski definition) is 7. The van der Waals surface area contributed by atoms with Crippen LogP contribution in [0.4, 0.5) is 0 Å². The largest absolute Gasteiger partial charge is 0.496 e. The number of aromatic nitrogens is 4. The number of carbonyl (C=O) groups excluding carboxylic acids is 1. The molecule has 3 rings (SSSR count). The average molecular weight is 401 g/mol. The minimum absolute atomic E-state index is 0.0196. The Morgan fingerprint density at radius 2 is 1.96 bits per heavy atom. The Hall–Kier alpha value is -3.27. The molecule has 0 fully saturated rings.